The van der Waals surface area contributed by atoms with Gasteiger partial charge in [-0.2, -0.15) is 8.78 Å². The molecule has 1 N–H and O–H groups in total. The van der Waals surface area contributed by atoms with Crippen molar-refractivity contribution in [2.75, 3.05) is 11.9 Å². The minimum absolute atomic E-state index is 0.133. The summed E-state index contributed by atoms with van der Waals surface area (Å²) in [6.07, 6.45) is -1.45. The smallest absolute Gasteiger partial charge is 0.340 e. The van der Waals surface area contributed by atoms with Gasteiger partial charge in [0, 0.05) is 6.07 Å². The Morgan fingerprint density at radius 1 is 1.39 bits per heavy atom. The van der Waals surface area contributed by atoms with Gasteiger partial charge in [0.25, 0.3) is 0 Å². The van der Waals surface area contributed by atoms with Crippen molar-refractivity contribution in [3.8, 4) is 5.88 Å². The van der Waals surface area contributed by atoms with Crippen molar-refractivity contribution in [1.29, 1.82) is 0 Å². The molecule has 0 aliphatic carbocycles. The lowest BCUT2D eigenvalue weighted by atomic mass is 10.4. The summed E-state index contributed by atoms with van der Waals surface area (Å²) in [4.78, 5) is 15.3. The number of hydrogen-bond donors (Lipinski definition) is 1. The van der Waals surface area contributed by atoms with E-state index >= 15 is 0 Å². The zero-order chi connectivity index (χ0) is 16.9. The van der Waals surface area contributed by atoms with Crippen molar-refractivity contribution in [1.82, 2.24) is 25.2 Å². The van der Waals surface area contributed by atoms with Gasteiger partial charge in [-0.25, -0.2) is 18.4 Å². The predicted molar refractivity (Wildman–Crippen MR) is 67.1 cm³/mol. The summed E-state index contributed by atoms with van der Waals surface area (Å²) in [7, 11) is 0. The summed E-state index contributed by atoms with van der Waals surface area (Å²) >= 11 is 0. The minimum atomic E-state index is -4.26. The lowest BCUT2D eigenvalue weighted by Gasteiger charge is -2.15. The van der Waals surface area contributed by atoms with Crippen LogP contribution in [0.3, 0.4) is 0 Å². The van der Waals surface area contributed by atoms with E-state index in [-0.39, 0.29) is 18.1 Å². The van der Waals surface area contributed by atoms with E-state index in [2.05, 4.69) is 30.6 Å². The van der Waals surface area contributed by atoms with Gasteiger partial charge < -0.3 is 10.1 Å². The first-order chi connectivity index (χ1) is 10.9. The molecule has 124 valence electrons. The molecule has 0 bridgehead atoms. The number of nitrogens with zero attached hydrogens (tertiary/aromatic N) is 5. The normalized spacial score (nSPS) is 11.5. The first kappa shape index (κ1) is 16.6. The van der Waals surface area contributed by atoms with Gasteiger partial charge in [0.2, 0.25) is 11.8 Å². The number of ether oxygens (including phenoxy) is 1. The van der Waals surface area contributed by atoms with E-state index in [1.165, 1.54) is 17.1 Å². The molecule has 2 heterocycles. The SMILES string of the molecule is O=C(Cn1cnnn1)Nc1ccc(OCC(F)(F)C(F)F)nc1. The van der Waals surface area contributed by atoms with Crippen molar-refractivity contribution in [2.45, 2.75) is 18.9 Å². The van der Waals surface area contributed by atoms with Gasteiger partial charge in [-0.15, -0.1) is 5.10 Å². The highest BCUT2D eigenvalue weighted by molar-refractivity contribution is 5.90. The number of tetrazole rings is 1. The number of hydrogen-bond acceptors (Lipinski definition) is 6. The van der Waals surface area contributed by atoms with E-state index in [0.717, 1.165) is 12.3 Å². The topological polar surface area (TPSA) is 94.8 Å². The molecule has 2 aromatic rings. The summed E-state index contributed by atoms with van der Waals surface area (Å²) in [5, 5.41) is 12.7. The monoisotopic (exact) mass is 334 g/mol. The fourth-order valence-corrected chi connectivity index (χ4v) is 1.37. The van der Waals surface area contributed by atoms with Crippen molar-refractivity contribution < 1.29 is 27.1 Å². The molecule has 0 fully saturated rings. The third-order valence-corrected chi connectivity index (χ3v) is 2.45. The number of alkyl halides is 4. The van der Waals surface area contributed by atoms with Crippen LogP contribution in [0.25, 0.3) is 0 Å². The fraction of sp³-hybridized carbons (Fsp3) is 0.364. The largest absolute Gasteiger partial charge is 0.471 e. The van der Waals surface area contributed by atoms with Crippen LogP contribution >= 0.6 is 0 Å². The minimum Gasteiger partial charge on any atom is -0.471 e. The summed E-state index contributed by atoms with van der Waals surface area (Å²) in [5.74, 6) is -4.98. The number of nitrogens with one attached hydrogen (secondary N) is 1. The number of aromatic nitrogens is 5. The summed E-state index contributed by atoms with van der Waals surface area (Å²) in [6, 6.07) is 2.48. The molecule has 2 rings (SSSR count). The second-order valence-electron chi connectivity index (χ2n) is 4.29. The summed E-state index contributed by atoms with van der Waals surface area (Å²) < 4.78 is 55.0. The molecule has 12 heteroatoms. The maximum absolute atomic E-state index is 12.7. The number of carbonyl (C=O) groups excluding carboxylic acids is 1. The third-order valence-electron chi connectivity index (χ3n) is 2.45. The van der Waals surface area contributed by atoms with E-state index < -0.39 is 24.9 Å². The van der Waals surface area contributed by atoms with E-state index in [4.69, 9.17) is 0 Å². The Labute approximate surface area is 126 Å². The van der Waals surface area contributed by atoms with Crippen molar-refractivity contribution in [3.05, 3.63) is 24.7 Å². The van der Waals surface area contributed by atoms with Gasteiger partial charge >= 0.3 is 12.3 Å². The molecule has 0 spiro atoms. The Balaban J connectivity index is 1.86. The van der Waals surface area contributed by atoms with Crippen molar-refractivity contribution in [2.24, 2.45) is 0 Å². The molecule has 8 nitrogen and oxygen atoms in total. The van der Waals surface area contributed by atoms with E-state index in [1.807, 2.05) is 0 Å². The average Bonchev–Trinajstić information content (AvgIpc) is 2.99. The molecule has 1 amide bonds. The molecule has 0 radical (unpaired) electrons. The van der Waals surface area contributed by atoms with Crippen molar-refractivity contribution >= 4 is 11.6 Å². The van der Waals surface area contributed by atoms with Crippen LogP contribution in [0.1, 0.15) is 0 Å². The Morgan fingerprint density at radius 3 is 2.74 bits per heavy atom. The Bertz CT molecular complexity index is 634. The van der Waals surface area contributed by atoms with Gasteiger partial charge in [-0.3, -0.25) is 4.79 Å². The predicted octanol–water partition coefficient (Wildman–Crippen LogP) is 0.986. The molecule has 0 aliphatic rings. The zero-order valence-electron chi connectivity index (χ0n) is 11.4. The van der Waals surface area contributed by atoms with E-state index in [9.17, 15) is 22.4 Å². The van der Waals surface area contributed by atoms with Crippen LogP contribution in [-0.2, 0) is 11.3 Å². The molecule has 23 heavy (non-hydrogen) atoms. The molecular weight excluding hydrogens is 324 g/mol. The first-order valence-electron chi connectivity index (χ1n) is 6.12. The van der Waals surface area contributed by atoms with Gasteiger partial charge in [0.1, 0.15) is 12.9 Å². The summed E-state index contributed by atoms with van der Waals surface area (Å²) in [6.45, 7) is -1.63. The van der Waals surface area contributed by atoms with Gasteiger partial charge in [-0.05, 0) is 16.5 Å². The lowest BCUT2D eigenvalue weighted by Crippen LogP contribution is -2.33. The van der Waals surface area contributed by atoms with Gasteiger partial charge in [0.05, 0.1) is 11.9 Å². The molecule has 0 aliphatic heterocycles. The zero-order valence-corrected chi connectivity index (χ0v) is 11.4. The van der Waals surface area contributed by atoms with Gasteiger partial charge in [-0.1, -0.05) is 0 Å². The third kappa shape index (κ3) is 4.86. The standard InChI is InChI=1S/C11H10F4N6O2/c12-10(13)11(14,15)5-23-9-2-1-7(3-16-9)18-8(22)4-21-6-17-19-20-21/h1-3,6,10H,4-5H2,(H,18,22). The van der Waals surface area contributed by atoms with Gasteiger partial charge in [0.15, 0.2) is 6.61 Å². The number of carbonyl (C=O) groups is 1. The lowest BCUT2D eigenvalue weighted by molar-refractivity contribution is -0.148. The Kier molecular flexibility index (Phi) is 5.03. The van der Waals surface area contributed by atoms with Crippen LogP contribution in [0.2, 0.25) is 0 Å². The molecule has 0 saturated heterocycles. The van der Waals surface area contributed by atoms with Crippen molar-refractivity contribution in [3.63, 3.8) is 0 Å². The Morgan fingerprint density at radius 2 is 2.17 bits per heavy atom. The number of pyridine rings is 1. The first-order valence-corrected chi connectivity index (χ1v) is 6.12. The molecule has 0 aromatic carbocycles. The maximum Gasteiger partial charge on any atom is 0.340 e. The van der Waals surface area contributed by atoms with E-state index in [0.29, 0.717) is 0 Å². The Hall–Kier alpha value is -2.79. The number of halogens is 4. The van der Waals surface area contributed by atoms with Crippen LogP contribution in [0.15, 0.2) is 24.7 Å². The molecule has 2 aromatic heterocycles. The molecule has 0 unspecified atom stereocenters. The number of amides is 1. The highest BCUT2D eigenvalue weighted by atomic mass is 19.3. The van der Waals surface area contributed by atoms with Crippen LogP contribution in [0.5, 0.6) is 5.88 Å². The highest BCUT2D eigenvalue weighted by Crippen LogP contribution is 2.23. The highest BCUT2D eigenvalue weighted by Gasteiger charge is 2.41. The molecule has 0 saturated carbocycles. The quantitative estimate of drug-likeness (QED) is 0.759. The molecular formula is C11H10F4N6O2. The van der Waals surface area contributed by atoms with Crippen LogP contribution in [-0.4, -0.2) is 50.1 Å². The van der Waals surface area contributed by atoms with Crippen LogP contribution < -0.4 is 10.1 Å². The van der Waals surface area contributed by atoms with Crippen LogP contribution in [0, 0.1) is 0 Å². The summed E-state index contributed by atoms with van der Waals surface area (Å²) in [5.41, 5.74) is 0.260. The fourth-order valence-electron chi connectivity index (χ4n) is 1.37. The number of rotatable bonds is 7. The van der Waals surface area contributed by atoms with Crippen LogP contribution in [0.4, 0.5) is 23.2 Å². The van der Waals surface area contributed by atoms with E-state index in [1.54, 1.807) is 0 Å². The number of anilines is 1. The maximum atomic E-state index is 12.7. The second kappa shape index (κ2) is 6.98. The average molecular weight is 334 g/mol. The molecule has 0 atom stereocenters. The second-order valence-corrected chi connectivity index (χ2v) is 4.29.